The lowest BCUT2D eigenvalue weighted by Crippen LogP contribution is -2.29. The maximum absolute atomic E-state index is 13.1. The normalized spacial score (nSPS) is 16.0. The van der Waals surface area contributed by atoms with Gasteiger partial charge in [0.2, 0.25) is 0 Å². The lowest BCUT2D eigenvalue weighted by molar-refractivity contribution is -0.00462. The molecule has 6 heteroatoms. The molecule has 2 aromatic carbocycles. The minimum Gasteiger partial charge on any atom is -0.506 e. The monoisotopic (exact) mass is 400 g/mol. The molecular weight excluding hydrogens is 375 g/mol. The molecule has 0 aromatic heterocycles. The van der Waals surface area contributed by atoms with Crippen molar-refractivity contribution < 1.29 is 28.9 Å². The molecule has 0 radical (unpaired) electrons. The zero-order chi connectivity index (χ0) is 21.0. The number of hydrogen-bond donors (Lipinski definition) is 2. The summed E-state index contributed by atoms with van der Waals surface area (Å²) in [6.45, 7) is 0. The van der Waals surface area contributed by atoms with Gasteiger partial charge in [-0.1, -0.05) is 37.5 Å². The van der Waals surface area contributed by atoms with Crippen LogP contribution in [0.25, 0.3) is 6.08 Å². The first-order valence-electron chi connectivity index (χ1n) is 9.58. The molecule has 1 aliphatic rings. The first-order chi connectivity index (χ1) is 13.9. The third kappa shape index (κ3) is 4.27. The predicted molar refractivity (Wildman–Crippen MR) is 108 cm³/mol. The lowest BCUT2D eigenvalue weighted by Gasteiger charge is -2.34. The van der Waals surface area contributed by atoms with E-state index in [1.165, 1.54) is 44.6 Å². The molecule has 3 rings (SSSR count). The zero-order valence-electron chi connectivity index (χ0n) is 16.6. The molecule has 1 aliphatic carbocycles. The van der Waals surface area contributed by atoms with E-state index in [1.54, 1.807) is 12.1 Å². The number of halogens is 1. The van der Waals surface area contributed by atoms with E-state index in [-0.39, 0.29) is 34.2 Å². The van der Waals surface area contributed by atoms with Crippen LogP contribution in [0.15, 0.2) is 36.4 Å². The molecule has 154 valence electrons. The summed E-state index contributed by atoms with van der Waals surface area (Å²) in [5, 5.41) is 22.2. The van der Waals surface area contributed by atoms with E-state index in [1.807, 2.05) is 0 Å². The molecule has 0 saturated heterocycles. The molecule has 1 saturated carbocycles. The quantitative estimate of drug-likeness (QED) is 0.548. The summed E-state index contributed by atoms with van der Waals surface area (Å²) in [6.07, 6.45) is 6.40. The molecule has 1 fully saturated rings. The average molecular weight is 400 g/mol. The maximum Gasteiger partial charge on any atom is 0.193 e. The van der Waals surface area contributed by atoms with E-state index in [0.717, 1.165) is 19.3 Å². The molecular formula is C23H25FO5. The Labute approximate surface area is 169 Å². The van der Waals surface area contributed by atoms with Gasteiger partial charge in [-0.15, -0.1) is 0 Å². The Balaban J connectivity index is 2.06. The second kappa shape index (κ2) is 8.66. The van der Waals surface area contributed by atoms with Crippen LogP contribution in [-0.4, -0.2) is 30.2 Å². The first-order valence-corrected chi connectivity index (χ1v) is 9.58. The zero-order valence-corrected chi connectivity index (χ0v) is 16.6. The van der Waals surface area contributed by atoms with Gasteiger partial charge in [-0.3, -0.25) is 4.79 Å². The Kier molecular flexibility index (Phi) is 6.23. The highest BCUT2D eigenvalue weighted by atomic mass is 19.1. The fourth-order valence-corrected chi connectivity index (χ4v) is 3.85. The summed E-state index contributed by atoms with van der Waals surface area (Å²) in [5.41, 5.74) is -0.451. The molecule has 0 bridgehead atoms. The second-order valence-corrected chi connectivity index (χ2v) is 7.22. The van der Waals surface area contributed by atoms with Crippen molar-refractivity contribution in [2.24, 2.45) is 0 Å². The minimum atomic E-state index is -1.27. The van der Waals surface area contributed by atoms with Crippen LogP contribution in [-0.2, 0) is 5.60 Å². The third-order valence-electron chi connectivity index (χ3n) is 5.36. The second-order valence-electron chi connectivity index (χ2n) is 7.22. The van der Waals surface area contributed by atoms with Gasteiger partial charge < -0.3 is 19.7 Å². The third-order valence-corrected chi connectivity index (χ3v) is 5.36. The van der Waals surface area contributed by atoms with Crippen molar-refractivity contribution in [1.29, 1.82) is 0 Å². The van der Waals surface area contributed by atoms with Crippen LogP contribution in [0.3, 0.4) is 0 Å². The number of ether oxygens (including phenoxy) is 2. The molecule has 0 heterocycles. The number of methoxy groups -OCH3 is 2. The van der Waals surface area contributed by atoms with E-state index >= 15 is 0 Å². The number of hydrogen-bond acceptors (Lipinski definition) is 5. The van der Waals surface area contributed by atoms with E-state index in [4.69, 9.17) is 9.47 Å². The highest BCUT2D eigenvalue weighted by Crippen LogP contribution is 2.49. The van der Waals surface area contributed by atoms with E-state index in [0.29, 0.717) is 18.4 Å². The van der Waals surface area contributed by atoms with Crippen molar-refractivity contribution in [2.45, 2.75) is 37.7 Å². The molecule has 29 heavy (non-hydrogen) atoms. The predicted octanol–water partition coefficient (Wildman–Crippen LogP) is 4.60. The Morgan fingerprint density at radius 1 is 1.07 bits per heavy atom. The fourth-order valence-electron chi connectivity index (χ4n) is 3.85. The maximum atomic E-state index is 13.1. The number of aliphatic hydroxyl groups is 1. The molecule has 0 spiro atoms. The van der Waals surface area contributed by atoms with Gasteiger partial charge in [0, 0.05) is 6.07 Å². The van der Waals surface area contributed by atoms with Crippen LogP contribution in [0.2, 0.25) is 0 Å². The van der Waals surface area contributed by atoms with Crippen molar-refractivity contribution in [3.63, 3.8) is 0 Å². The number of carbonyl (C=O) groups is 1. The highest BCUT2D eigenvalue weighted by Gasteiger charge is 2.39. The van der Waals surface area contributed by atoms with Gasteiger partial charge in [-0.25, -0.2) is 4.39 Å². The van der Waals surface area contributed by atoms with Crippen LogP contribution in [0, 0.1) is 5.82 Å². The highest BCUT2D eigenvalue weighted by molar-refractivity contribution is 6.11. The summed E-state index contributed by atoms with van der Waals surface area (Å²) in [4.78, 5) is 12.9. The van der Waals surface area contributed by atoms with Crippen LogP contribution in [0.4, 0.5) is 4.39 Å². The number of phenolic OH excluding ortho intramolecular Hbond substituents is 1. The van der Waals surface area contributed by atoms with E-state index in [2.05, 4.69) is 0 Å². The standard InChI is InChI=1S/C23H25FO5/c1-28-18-14-19(29-2)21(23(27)12-4-3-5-13-23)22(26)20(18)17(25)11-8-15-6-9-16(24)10-7-15/h6-11,14,26-27H,3-5,12-13H2,1-2H3. The Bertz CT molecular complexity index is 912. The molecule has 5 nitrogen and oxygen atoms in total. The van der Waals surface area contributed by atoms with Crippen LogP contribution < -0.4 is 9.47 Å². The van der Waals surface area contributed by atoms with Gasteiger partial charge in [-0.2, -0.15) is 0 Å². The number of phenols is 1. The largest absolute Gasteiger partial charge is 0.506 e. The lowest BCUT2D eigenvalue weighted by atomic mass is 9.78. The van der Waals surface area contributed by atoms with Crippen molar-refractivity contribution in [2.75, 3.05) is 14.2 Å². The van der Waals surface area contributed by atoms with Gasteiger partial charge in [0.1, 0.15) is 28.6 Å². The molecule has 0 atom stereocenters. The van der Waals surface area contributed by atoms with Crippen LogP contribution in [0.1, 0.15) is 53.6 Å². The van der Waals surface area contributed by atoms with Gasteiger partial charge in [0.15, 0.2) is 5.78 Å². The molecule has 0 amide bonds. The molecule has 0 unspecified atom stereocenters. The Morgan fingerprint density at radius 2 is 1.69 bits per heavy atom. The molecule has 0 aliphatic heterocycles. The number of carbonyl (C=O) groups excluding carboxylic acids is 1. The van der Waals surface area contributed by atoms with Gasteiger partial charge in [0.05, 0.1) is 25.4 Å². The van der Waals surface area contributed by atoms with Crippen LogP contribution in [0.5, 0.6) is 17.2 Å². The molecule has 2 N–H and O–H groups in total. The molecule has 2 aromatic rings. The summed E-state index contributed by atoms with van der Waals surface area (Å²) in [6, 6.07) is 7.19. The van der Waals surface area contributed by atoms with Gasteiger partial charge in [0.25, 0.3) is 0 Å². The summed E-state index contributed by atoms with van der Waals surface area (Å²) < 4.78 is 23.8. The van der Waals surface area contributed by atoms with Crippen molar-refractivity contribution in [3.05, 3.63) is 58.9 Å². The first kappa shape index (κ1) is 20.9. The average Bonchev–Trinajstić information content (AvgIpc) is 2.72. The minimum absolute atomic E-state index is 0.0411. The smallest absolute Gasteiger partial charge is 0.193 e. The van der Waals surface area contributed by atoms with Crippen molar-refractivity contribution in [3.8, 4) is 17.2 Å². The van der Waals surface area contributed by atoms with E-state index < -0.39 is 11.4 Å². The SMILES string of the molecule is COc1cc(OC)c(C2(O)CCCCC2)c(O)c1C(=O)C=Cc1ccc(F)cc1. The fraction of sp³-hybridized carbons (Fsp3) is 0.348. The Hall–Kier alpha value is -2.86. The summed E-state index contributed by atoms with van der Waals surface area (Å²) in [7, 11) is 2.84. The summed E-state index contributed by atoms with van der Waals surface area (Å²) >= 11 is 0. The Morgan fingerprint density at radius 3 is 2.28 bits per heavy atom. The van der Waals surface area contributed by atoms with Crippen molar-refractivity contribution >= 4 is 11.9 Å². The van der Waals surface area contributed by atoms with Gasteiger partial charge in [-0.05, 0) is 36.6 Å². The number of allylic oxidation sites excluding steroid dienone is 1. The van der Waals surface area contributed by atoms with Crippen molar-refractivity contribution in [1.82, 2.24) is 0 Å². The number of ketones is 1. The van der Waals surface area contributed by atoms with Crippen LogP contribution >= 0.6 is 0 Å². The number of benzene rings is 2. The summed E-state index contributed by atoms with van der Waals surface area (Å²) in [5.74, 6) is -0.765. The van der Waals surface area contributed by atoms with Gasteiger partial charge >= 0.3 is 0 Å². The number of aromatic hydroxyl groups is 1. The number of rotatable bonds is 6. The topological polar surface area (TPSA) is 76.0 Å². The van der Waals surface area contributed by atoms with E-state index in [9.17, 15) is 19.4 Å².